The van der Waals surface area contributed by atoms with Crippen molar-refractivity contribution in [1.82, 2.24) is 20.1 Å². The summed E-state index contributed by atoms with van der Waals surface area (Å²) in [7, 11) is 0. The summed E-state index contributed by atoms with van der Waals surface area (Å²) in [5.41, 5.74) is 2.19. The first kappa shape index (κ1) is 16.3. The van der Waals surface area contributed by atoms with Crippen molar-refractivity contribution in [1.29, 1.82) is 0 Å². The Bertz CT molecular complexity index is 877. The Balaban J connectivity index is 1.59. The first-order chi connectivity index (χ1) is 12.1. The van der Waals surface area contributed by atoms with E-state index in [0.717, 1.165) is 36.0 Å². The van der Waals surface area contributed by atoms with Gasteiger partial charge in [0.15, 0.2) is 0 Å². The van der Waals surface area contributed by atoms with Gasteiger partial charge < -0.3 is 14.3 Å². The van der Waals surface area contributed by atoms with Crippen LogP contribution in [0.2, 0.25) is 0 Å². The normalized spacial score (nSPS) is 15.7. The van der Waals surface area contributed by atoms with E-state index in [2.05, 4.69) is 53.0 Å². The molecule has 1 aliphatic heterocycles. The van der Waals surface area contributed by atoms with Gasteiger partial charge in [0.2, 0.25) is 0 Å². The second-order valence-electron chi connectivity index (χ2n) is 7.33. The molecule has 1 atom stereocenters. The Hall–Kier alpha value is -2.14. The number of hydrogen-bond donors (Lipinski definition) is 1. The lowest BCUT2D eigenvalue weighted by molar-refractivity contribution is 0.340. The highest BCUT2D eigenvalue weighted by Crippen LogP contribution is 2.33. The Morgan fingerprint density at radius 2 is 2.04 bits per heavy atom. The first-order valence-corrected chi connectivity index (χ1v) is 9.27. The number of fused-ring (bicyclic) bond motifs is 2. The molecule has 25 heavy (non-hydrogen) atoms. The van der Waals surface area contributed by atoms with Gasteiger partial charge >= 0.3 is 0 Å². The van der Waals surface area contributed by atoms with E-state index in [1.54, 1.807) is 0 Å². The van der Waals surface area contributed by atoms with E-state index in [-0.39, 0.29) is 6.04 Å². The molecule has 0 fully saturated rings. The number of nitrogens with zero attached hydrogens (tertiary/aromatic N) is 3. The van der Waals surface area contributed by atoms with Gasteiger partial charge in [0.05, 0.1) is 12.6 Å². The number of para-hydroxylation sites is 1. The summed E-state index contributed by atoms with van der Waals surface area (Å²) in [5, 5.41) is 13.6. The van der Waals surface area contributed by atoms with E-state index in [9.17, 15) is 0 Å². The summed E-state index contributed by atoms with van der Waals surface area (Å²) in [6, 6.07) is 8.41. The molecule has 0 radical (unpaired) electrons. The predicted molar refractivity (Wildman–Crippen MR) is 98.3 cm³/mol. The summed E-state index contributed by atoms with van der Waals surface area (Å²) >= 11 is 0. The van der Waals surface area contributed by atoms with Gasteiger partial charge in [0.25, 0.3) is 0 Å². The summed E-state index contributed by atoms with van der Waals surface area (Å²) in [5.74, 6) is 3.62. The van der Waals surface area contributed by atoms with Crippen molar-refractivity contribution in [3.8, 4) is 0 Å². The Morgan fingerprint density at radius 1 is 1.20 bits per heavy atom. The third kappa shape index (κ3) is 2.97. The smallest absolute Gasteiger partial charge is 0.147 e. The molecule has 0 bridgehead atoms. The van der Waals surface area contributed by atoms with Crippen molar-refractivity contribution in [2.45, 2.75) is 59.2 Å². The van der Waals surface area contributed by atoms with Gasteiger partial charge in [-0.2, -0.15) is 0 Å². The van der Waals surface area contributed by atoms with Crippen LogP contribution in [-0.2, 0) is 19.5 Å². The van der Waals surface area contributed by atoms with Gasteiger partial charge in [-0.1, -0.05) is 32.0 Å². The quantitative estimate of drug-likeness (QED) is 0.759. The molecule has 2 aromatic heterocycles. The van der Waals surface area contributed by atoms with Crippen LogP contribution in [0.3, 0.4) is 0 Å². The highest BCUT2D eigenvalue weighted by Gasteiger charge is 2.24. The van der Waals surface area contributed by atoms with Crippen molar-refractivity contribution >= 4 is 11.0 Å². The molecule has 5 heteroatoms. The second-order valence-corrected chi connectivity index (χ2v) is 7.33. The van der Waals surface area contributed by atoms with Crippen LogP contribution in [0.5, 0.6) is 0 Å². The number of furan rings is 1. The molecular weight excluding hydrogens is 312 g/mol. The summed E-state index contributed by atoms with van der Waals surface area (Å²) < 4.78 is 8.48. The van der Waals surface area contributed by atoms with E-state index in [4.69, 9.17) is 4.42 Å². The molecule has 0 saturated carbocycles. The van der Waals surface area contributed by atoms with E-state index >= 15 is 0 Å². The molecular formula is C20H26N4O. The zero-order chi connectivity index (χ0) is 17.4. The summed E-state index contributed by atoms with van der Waals surface area (Å²) in [6.45, 7) is 8.35. The first-order valence-electron chi connectivity index (χ1n) is 9.27. The molecule has 1 aromatic carbocycles. The topological polar surface area (TPSA) is 55.9 Å². The maximum atomic E-state index is 6.20. The maximum absolute atomic E-state index is 6.20. The van der Waals surface area contributed by atoms with E-state index in [1.165, 1.54) is 23.8 Å². The molecule has 0 unspecified atom stereocenters. The molecule has 3 heterocycles. The van der Waals surface area contributed by atoms with Crippen molar-refractivity contribution in [2.24, 2.45) is 5.92 Å². The summed E-state index contributed by atoms with van der Waals surface area (Å²) in [6.07, 6.45) is 3.48. The molecule has 0 aliphatic carbocycles. The fourth-order valence-corrected chi connectivity index (χ4v) is 3.82. The molecule has 0 spiro atoms. The van der Waals surface area contributed by atoms with Crippen LogP contribution in [-0.4, -0.2) is 14.8 Å². The SMILES string of the molecule is Cc1c([C@@H](NCc2nnc3n2CCCC3)C(C)C)oc2ccccc12. The van der Waals surface area contributed by atoms with Gasteiger partial charge in [0.1, 0.15) is 23.0 Å². The Morgan fingerprint density at radius 3 is 2.84 bits per heavy atom. The van der Waals surface area contributed by atoms with Crippen LogP contribution in [0.4, 0.5) is 0 Å². The number of aryl methyl sites for hydroxylation is 2. The fourth-order valence-electron chi connectivity index (χ4n) is 3.82. The van der Waals surface area contributed by atoms with Crippen LogP contribution in [0.25, 0.3) is 11.0 Å². The van der Waals surface area contributed by atoms with Gasteiger partial charge in [-0.3, -0.25) is 0 Å². The molecule has 4 rings (SSSR count). The maximum Gasteiger partial charge on any atom is 0.147 e. The molecule has 1 N–H and O–H groups in total. The van der Waals surface area contributed by atoms with Crippen molar-refractivity contribution < 1.29 is 4.42 Å². The van der Waals surface area contributed by atoms with E-state index < -0.39 is 0 Å². The second kappa shape index (κ2) is 6.64. The predicted octanol–water partition coefficient (Wildman–Crippen LogP) is 4.16. The monoisotopic (exact) mass is 338 g/mol. The number of rotatable bonds is 5. The minimum Gasteiger partial charge on any atom is -0.459 e. The number of hydrogen-bond acceptors (Lipinski definition) is 4. The lowest BCUT2D eigenvalue weighted by Crippen LogP contribution is -2.27. The van der Waals surface area contributed by atoms with Crippen LogP contribution >= 0.6 is 0 Å². The molecule has 0 saturated heterocycles. The number of benzene rings is 1. The van der Waals surface area contributed by atoms with Gasteiger partial charge in [-0.05, 0) is 37.3 Å². The lowest BCUT2D eigenvalue weighted by Gasteiger charge is -2.22. The fraction of sp³-hybridized carbons (Fsp3) is 0.500. The molecule has 1 aliphatic rings. The molecule has 132 valence electrons. The lowest BCUT2D eigenvalue weighted by atomic mass is 9.98. The third-order valence-corrected chi connectivity index (χ3v) is 5.25. The molecule has 3 aromatic rings. The minimum atomic E-state index is 0.156. The molecule has 5 nitrogen and oxygen atoms in total. The zero-order valence-electron chi connectivity index (χ0n) is 15.2. The van der Waals surface area contributed by atoms with Gasteiger partial charge in [-0.25, -0.2) is 0 Å². The van der Waals surface area contributed by atoms with Crippen molar-refractivity contribution in [3.05, 3.63) is 47.2 Å². The standard InChI is InChI=1S/C20H26N4O/c1-13(2)19(20-14(3)15-8-4-5-9-16(15)25-20)21-12-18-23-22-17-10-6-7-11-24(17)18/h4-5,8-9,13,19,21H,6-7,10-12H2,1-3H3/t19-/m0/s1. The van der Waals surface area contributed by atoms with Crippen LogP contribution in [0, 0.1) is 12.8 Å². The van der Waals surface area contributed by atoms with Crippen molar-refractivity contribution in [3.63, 3.8) is 0 Å². The molecule has 0 amide bonds. The Kier molecular flexibility index (Phi) is 4.34. The largest absolute Gasteiger partial charge is 0.459 e. The van der Waals surface area contributed by atoms with E-state index in [1.807, 2.05) is 12.1 Å². The number of aromatic nitrogens is 3. The highest BCUT2D eigenvalue weighted by atomic mass is 16.3. The van der Waals surface area contributed by atoms with Gasteiger partial charge in [0, 0.05) is 18.4 Å². The van der Waals surface area contributed by atoms with Crippen LogP contribution in [0.15, 0.2) is 28.7 Å². The van der Waals surface area contributed by atoms with Crippen molar-refractivity contribution in [2.75, 3.05) is 0 Å². The Labute approximate surface area is 148 Å². The minimum absolute atomic E-state index is 0.156. The van der Waals surface area contributed by atoms with Crippen LogP contribution < -0.4 is 5.32 Å². The average Bonchev–Trinajstić information content (AvgIpc) is 3.17. The van der Waals surface area contributed by atoms with E-state index in [0.29, 0.717) is 12.5 Å². The zero-order valence-corrected chi connectivity index (χ0v) is 15.2. The number of nitrogens with one attached hydrogen (secondary N) is 1. The van der Waals surface area contributed by atoms with Gasteiger partial charge in [-0.15, -0.1) is 10.2 Å². The third-order valence-electron chi connectivity index (χ3n) is 5.25. The summed E-state index contributed by atoms with van der Waals surface area (Å²) in [4.78, 5) is 0. The highest BCUT2D eigenvalue weighted by molar-refractivity contribution is 5.82. The van der Waals surface area contributed by atoms with Crippen LogP contribution in [0.1, 0.15) is 55.7 Å². The average molecular weight is 338 g/mol.